The third-order valence-corrected chi connectivity index (χ3v) is 7.43. The summed E-state index contributed by atoms with van der Waals surface area (Å²) in [6, 6.07) is 12.3. The highest BCUT2D eigenvalue weighted by molar-refractivity contribution is 6.30. The summed E-state index contributed by atoms with van der Waals surface area (Å²) < 4.78 is 13.5. The highest BCUT2D eigenvalue weighted by Gasteiger charge is 2.26. The van der Waals surface area contributed by atoms with Crippen LogP contribution in [-0.4, -0.2) is 60.1 Å². The number of hydrogen-bond acceptors (Lipinski definition) is 6. The summed E-state index contributed by atoms with van der Waals surface area (Å²) in [5.74, 6) is 2.48. The number of hydrogen-bond donors (Lipinski definition) is 0. The molecule has 180 valence electrons. The van der Waals surface area contributed by atoms with Crippen LogP contribution in [0.3, 0.4) is 0 Å². The van der Waals surface area contributed by atoms with E-state index >= 15 is 0 Å². The van der Waals surface area contributed by atoms with Crippen LogP contribution < -0.4 is 14.4 Å². The Kier molecular flexibility index (Phi) is 5.74. The third-order valence-electron chi connectivity index (χ3n) is 7.18. The van der Waals surface area contributed by atoms with Gasteiger partial charge in [0.25, 0.3) is 0 Å². The molecule has 6 rings (SSSR count). The van der Waals surface area contributed by atoms with Gasteiger partial charge in [0.15, 0.2) is 17.3 Å². The largest absolute Gasteiger partial charge is 0.493 e. The van der Waals surface area contributed by atoms with Gasteiger partial charge in [-0.15, -0.1) is 5.10 Å². The van der Waals surface area contributed by atoms with E-state index in [1.807, 2.05) is 18.3 Å². The van der Waals surface area contributed by atoms with Gasteiger partial charge in [-0.3, -0.25) is 4.90 Å². The quantitative estimate of drug-likeness (QED) is 0.407. The van der Waals surface area contributed by atoms with Gasteiger partial charge in [0.05, 0.1) is 26.1 Å². The number of anilines is 1. The van der Waals surface area contributed by atoms with Gasteiger partial charge in [0.1, 0.15) is 0 Å². The third kappa shape index (κ3) is 3.98. The van der Waals surface area contributed by atoms with Crippen molar-refractivity contribution >= 4 is 28.2 Å². The van der Waals surface area contributed by atoms with E-state index < -0.39 is 0 Å². The van der Waals surface area contributed by atoms with Crippen molar-refractivity contribution < 1.29 is 9.47 Å². The van der Waals surface area contributed by atoms with Crippen molar-refractivity contribution in [3.8, 4) is 22.8 Å². The van der Waals surface area contributed by atoms with Crippen molar-refractivity contribution in [3.05, 3.63) is 64.9 Å². The molecule has 0 N–H and O–H groups in total. The van der Waals surface area contributed by atoms with E-state index in [0.29, 0.717) is 0 Å². The predicted octanol–water partition coefficient (Wildman–Crippen LogP) is 4.65. The highest BCUT2D eigenvalue weighted by atomic mass is 35.5. The average Bonchev–Trinajstić information content (AvgIpc) is 3.29. The number of fused-ring (bicyclic) bond motifs is 5. The zero-order valence-corrected chi connectivity index (χ0v) is 20.8. The summed E-state index contributed by atoms with van der Waals surface area (Å²) in [5.41, 5.74) is 4.91. The first-order chi connectivity index (χ1) is 17.1. The lowest BCUT2D eigenvalue weighted by Crippen LogP contribution is -2.46. The summed E-state index contributed by atoms with van der Waals surface area (Å²) >= 11 is 6.04. The number of piperazine rings is 1. The van der Waals surface area contributed by atoms with Gasteiger partial charge >= 0.3 is 0 Å². The summed E-state index contributed by atoms with van der Waals surface area (Å²) in [7, 11) is 3.36. The topological polar surface area (TPSA) is 55.7 Å². The van der Waals surface area contributed by atoms with Gasteiger partial charge in [-0.2, -0.15) is 5.10 Å². The van der Waals surface area contributed by atoms with Crippen LogP contribution in [0.5, 0.6) is 11.5 Å². The molecule has 8 heteroatoms. The van der Waals surface area contributed by atoms with Crippen molar-refractivity contribution in [1.82, 2.24) is 19.7 Å². The van der Waals surface area contributed by atoms with Gasteiger partial charge in [0, 0.05) is 66.8 Å². The second-order valence-electron chi connectivity index (χ2n) is 9.17. The summed E-state index contributed by atoms with van der Waals surface area (Å²) in [5, 5.41) is 12.1. The van der Waals surface area contributed by atoms with Crippen LogP contribution in [0.1, 0.15) is 11.1 Å². The zero-order valence-electron chi connectivity index (χ0n) is 20.0. The maximum atomic E-state index is 6.04. The molecular weight excluding hydrogens is 462 g/mol. The monoisotopic (exact) mass is 489 g/mol. The number of halogens is 1. The van der Waals surface area contributed by atoms with Gasteiger partial charge in [-0.1, -0.05) is 23.7 Å². The Morgan fingerprint density at radius 3 is 2.40 bits per heavy atom. The molecule has 0 aliphatic carbocycles. The molecule has 0 saturated carbocycles. The molecule has 2 aromatic heterocycles. The Bertz CT molecular complexity index is 1380. The number of benzene rings is 2. The van der Waals surface area contributed by atoms with Gasteiger partial charge in [0.2, 0.25) is 0 Å². The molecule has 2 aromatic carbocycles. The first-order valence-electron chi connectivity index (χ1n) is 12.0. The number of aryl methyl sites for hydroxylation is 2. The molecule has 4 heterocycles. The normalized spacial score (nSPS) is 15.7. The van der Waals surface area contributed by atoms with Crippen LogP contribution in [0.4, 0.5) is 5.82 Å². The number of rotatable bonds is 5. The van der Waals surface area contributed by atoms with Crippen LogP contribution in [0.15, 0.2) is 48.8 Å². The number of ether oxygens (including phenoxy) is 2. The number of nitrogens with zero attached hydrogens (tertiary/aromatic N) is 5. The fraction of sp³-hybridized carbons (Fsp3) is 0.333. The van der Waals surface area contributed by atoms with Crippen molar-refractivity contribution in [2.75, 3.05) is 45.3 Å². The molecule has 2 aliphatic heterocycles. The molecule has 35 heavy (non-hydrogen) atoms. The lowest BCUT2D eigenvalue weighted by atomic mass is 9.96. The maximum absolute atomic E-state index is 6.04. The SMILES string of the molecule is COc1cc2c(cc1OC)-c1c3cnnc(N4CCN(Cc5ccc(Cl)cc5)CC4)c3cn1CC2. The fourth-order valence-corrected chi connectivity index (χ4v) is 5.47. The van der Waals surface area contributed by atoms with Gasteiger partial charge in [-0.25, -0.2) is 0 Å². The maximum Gasteiger partial charge on any atom is 0.161 e. The van der Waals surface area contributed by atoms with E-state index in [1.165, 1.54) is 22.4 Å². The first kappa shape index (κ1) is 22.2. The molecule has 4 aromatic rings. The summed E-state index contributed by atoms with van der Waals surface area (Å²) in [6.45, 7) is 5.65. The number of aromatic nitrogens is 3. The smallest absolute Gasteiger partial charge is 0.161 e. The van der Waals surface area contributed by atoms with Crippen molar-refractivity contribution in [1.29, 1.82) is 0 Å². The van der Waals surface area contributed by atoms with Crippen molar-refractivity contribution in [3.63, 3.8) is 0 Å². The predicted molar refractivity (Wildman–Crippen MR) is 139 cm³/mol. The second-order valence-corrected chi connectivity index (χ2v) is 9.61. The van der Waals surface area contributed by atoms with Crippen molar-refractivity contribution in [2.45, 2.75) is 19.5 Å². The number of methoxy groups -OCH3 is 2. The Hall–Kier alpha value is -3.29. The van der Waals surface area contributed by atoms with Crippen LogP contribution in [-0.2, 0) is 19.5 Å². The molecule has 0 atom stereocenters. The van der Waals surface area contributed by atoms with Gasteiger partial charge in [-0.05, 0) is 41.8 Å². The fourth-order valence-electron chi connectivity index (χ4n) is 5.34. The van der Waals surface area contributed by atoms with Crippen LogP contribution in [0, 0.1) is 0 Å². The minimum absolute atomic E-state index is 0.744. The molecule has 0 bridgehead atoms. The summed E-state index contributed by atoms with van der Waals surface area (Å²) in [4.78, 5) is 4.85. The Morgan fingerprint density at radius 2 is 1.66 bits per heavy atom. The lowest BCUT2D eigenvalue weighted by Gasteiger charge is -2.35. The molecule has 0 spiro atoms. The van der Waals surface area contributed by atoms with Crippen LogP contribution in [0.25, 0.3) is 22.0 Å². The first-order valence-corrected chi connectivity index (χ1v) is 12.3. The molecule has 1 saturated heterocycles. The minimum Gasteiger partial charge on any atom is -0.493 e. The highest BCUT2D eigenvalue weighted by Crippen LogP contribution is 2.43. The Labute approximate surface area is 209 Å². The van der Waals surface area contributed by atoms with E-state index in [2.05, 4.69) is 55.0 Å². The van der Waals surface area contributed by atoms with E-state index in [1.54, 1.807) is 14.2 Å². The molecule has 7 nitrogen and oxygen atoms in total. The summed E-state index contributed by atoms with van der Waals surface area (Å²) in [6.07, 6.45) is 5.09. The van der Waals surface area contributed by atoms with Crippen LogP contribution >= 0.6 is 11.6 Å². The molecule has 1 fully saturated rings. The van der Waals surface area contributed by atoms with E-state index in [0.717, 1.165) is 78.8 Å². The van der Waals surface area contributed by atoms with E-state index in [9.17, 15) is 0 Å². The Morgan fingerprint density at radius 1 is 0.914 bits per heavy atom. The molecule has 0 amide bonds. The minimum atomic E-state index is 0.744. The van der Waals surface area contributed by atoms with Gasteiger partial charge < -0.3 is 18.9 Å². The molecule has 0 unspecified atom stereocenters. The molecule has 0 radical (unpaired) electrons. The Balaban J connectivity index is 1.29. The zero-order chi connectivity index (χ0) is 23.9. The van der Waals surface area contributed by atoms with E-state index in [4.69, 9.17) is 21.1 Å². The standard InChI is InChI=1S/C27H28ClN5O2/c1-34-24-13-19-7-8-33-17-23-22(26(33)21(19)14-25(24)35-2)15-29-30-27(23)32-11-9-31(10-12-32)16-18-3-5-20(28)6-4-18/h3-6,13-15,17H,7-12,16H2,1-2H3. The van der Waals surface area contributed by atoms with Crippen molar-refractivity contribution in [2.24, 2.45) is 0 Å². The molecular formula is C27H28ClN5O2. The van der Waals surface area contributed by atoms with Crippen LogP contribution in [0.2, 0.25) is 5.02 Å². The average molecular weight is 490 g/mol. The lowest BCUT2D eigenvalue weighted by molar-refractivity contribution is 0.249. The van der Waals surface area contributed by atoms with E-state index in [-0.39, 0.29) is 0 Å². The molecule has 2 aliphatic rings. The second kappa shape index (κ2) is 9.06.